The molecule has 0 aromatic heterocycles. The van der Waals surface area contributed by atoms with Crippen LogP contribution in [0.3, 0.4) is 0 Å². The highest BCUT2D eigenvalue weighted by Gasteiger charge is 2.24. The monoisotopic (exact) mass is 298 g/mol. The Balaban J connectivity index is 2.35. The molecule has 2 N–H and O–H groups in total. The lowest BCUT2D eigenvalue weighted by Gasteiger charge is -2.29. The summed E-state index contributed by atoms with van der Waals surface area (Å²) in [6, 6.07) is 5.36. The quantitative estimate of drug-likeness (QED) is 0.776. The van der Waals surface area contributed by atoms with Gasteiger partial charge in [0.2, 0.25) is 11.8 Å². The van der Waals surface area contributed by atoms with Crippen molar-refractivity contribution in [2.24, 2.45) is 0 Å². The van der Waals surface area contributed by atoms with Crippen molar-refractivity contribution < 1.29 is 14.7 Å². The van der Waals surface area contributed by atoms with E-state index in [0.29, 0.717) is 11.3 Å². The number of carbonyl (C=O) groups is 2. The minimum atomic E-state index is -0.329. The molecule has 0 spiro atoms. The van der Waals surface area contributed by atoms with Crippen LogP contribution in [0, 0.1) is 0 Å². The molecule has 1 aromatic carbocycles. The van der Waals surface area contributed by atoms with Crippen molar-refractivity contribution in [3.8, 4) is 0 Å². The molecule has 6 heteroatoms. The molecule has 0 saturated carbocycles. The van der Waals surface area contributed by atoms with Gasteiger partial charge in [-0.25, -0.2) is 0 Å². The average molecular weight is 299 g/mol. The van der Waals surface area contributed by atoms with Gasteiger partial charge in [0.05, 0.1) is 19.7 Å². The molecule has 1 heterocycles. The number of anilines is 1. The molecular weight excluding hydrogens is 288 g/mol. The largest absolute Gasteiger partial charge is 0.392 e. The molecule has 0 atom stereocenters. The number of nitrogens with one attached hydrogen (secondary N) is 1. The first-order valence-electron chi connectivity index (χ1n) is 5.07. The third-order valence-electron chi connectivity index (χ3n) is 2.51. The van der Waals surface area contributed by atoms with Gasteiger partial charge in [0, 0.05) is 15.7 Å². The Hall–Kier alpha value is -1.40. The molecule has 1 fully saturated rings. The van der Waals surface area contributed by atoms with Crippen molar-refractivity contribution >= 4 is 33.4 Å². The maximum absolute atomic E-state index is 11.3. The summed E-state index contributed by atoms with van der Waals surface area (Å²) in [6.07, 6.45) is 0. The molecule has 0 bridgehead atoms. The van der Waals surface area contributed by atoms with Crippen LogP contribution < -0.4 is 10.2 Å². The number of aliphatic hydroxyl groups excluding tert-OH is 1. The van der Waals surface area contributed by atoms with Crippen LogP contribution in [-0.2, 0) is 16.2 Å². The molecule has 1 aliphatic heterocycles. The maximum atomic E-state index is 11.3. The van der Waals surface area contributed by atoms with Crippen molar-refractivity contribution in [3.05, 3.63) is 28.2 Å². The van der Waals surface area contributed by atoms with Crippen LogP contribution >= 0.6 is 15.9 Å². The molecule has 90 valence electrons. The summed E-state index contributed by atoms with van der Waals surface area (Å²) in [7, 11) is 0. The van der Waals surface area contributed by atoms with E-state index in [2.05, 4.69) is 21.2 Å². The summed E-state index contributed by atoms with van der Waals surface area (Å²) < 4.78 is 0.836. The van der Waals surface area contributed by atoms with Gasteiger partial charge in [-0.15, -0.1) is 0 Å². The van der Waals surface area contributed by atoms with Crippen LogP contribution in [0.5, 0.6) is 0 Å². The van der Waals surface area contributed by atoms with Crippen molar-refractivity contribution in [3.63, 3.8) is 0 Å². The average Bonchev–Trinajstić information content (AvgIpc) is 2.27. The van der Waals surface area contributed by atoms with Gasteiger partial charge in [0.15, 0.2) is 0 Å². The summed E-state index contributed by atoms with van der Waals surface area (Å²) in [5.41, 5.74) is 1.39. The van der Waals surface area contributed by atoms with E-state index in [1.54, 1.807) is 23.1 Å². The van der Waals surface area contributed by atoms with Crippen LogP contribution in [0.15, 0.2) is 22.7 Å². The number of rotatable bonds is 2. The van der Waals surface area contributed by atoms with Gasteiger partial charge in [0.25, 0.3) is 0 Å². The van der Waals surface area contributed by atoms with Crippen molar-refractivity contribution in [2.45, 2.75) is 6.61 Å². The molecule has 1 aliphatic rings. The molecular formula is C11H11BrN2O3. The van der Waals surface area contributed by atoms with Gasteiger partial charge >= 0.3 is 0 Å². The number of imide groups is 1. The van der Waals surface area contributed by atoms with Crippen LogP contribution in [0.2, 0.25) is 0 Å². The van der Waals surface area contributed by atoms with Gasteiger partial charge in [-0.2, -0.15) is 0 Å². The fourth-order valence-electron chi connectivity index (χ4n) is 1.77. The van der Waals surface area contributed by atoms with E-state index < -0.39 is 0 Å². The lowest BCUT2D eigenvalue weighted by atomic mass is 10.1. The van der Waals surface area contributed by atoms with Gasteiger partial charge in [-0.3, -0.25) is 14.9 Å². The first kappa shape index (κ1) is 12.1. The number of piperazine rings is 1. The SMILES string of the molecule is O=C1CN(c2cc(Br)ccc2CO)CC(=O)N1. The fraction of sp³-hybridized carbons (Fsp3) is 0.273. The van der Waals surface area contributed by atoms with E-state index in [1.165, 1.54) is 0 Å². The zero-order valence-electron chi connectivity index (χ0n) is 8.94. The van der Waals surface area contributed by atoms with Crippen LogP contribution in [0.25, 0.3) is 0 Å². The predicted octanol–water partition coefficient (Wildman–Crippen LogP) is 0.404. The number of benzene rings is 1. The Bertz CT molecular complexity index is 460. The van der Waals surface area contributed by atoms with Crippen molar-refractivity contribution in [1.29, 1.82) is 0 Å². The van der Waals surface area contributed by atoms with Crippen LogP contribution in [0.1, 0.15) is 5.56 Å². The third kappa shape index (κ3) is 2.65. The van der Waals surface area contributed by atoms with Crippen LogP contribution in [0.4, 0.5) is 5.69 Å². The Morgan fingerprint density at radius 1 is 1.29 bits per heavy atom. The fourth-order valence-corrected chi connectivity index (χ4v) is 2.12. The summed E-state index contributed by atoms with van der Waals surface area (Å²) in [5.74, 6) is -0.657. The van der Waals surface area contributed by atoms with Crippen LogP contribution in [-0.4, -0.2) is 30.0 Å². The van der Waals surface area contributed by atoms with E-state index >= 15 is 0 Å². The number of hydrogen-bond acceptors (Lipinski definition) is 4. The van der Waals surface area contributed by atoms with E-state index in [0.717, 1.165) is 4.47 Å². The number of carbonyl (C=O) groups excluding carboxylic acids is 2. The Morgan fingerprint density at radius 2 is 1.94 bits per heavy atom. The number of hydrogen-bond donors (Lipinski definition) is 2. The maximum Gasteiger partial charge on any atom is 0.246 e. The normalized spacial score (nSPS) is 16.0. The van der Waals surface area contributed by atoms with Gasteiger partial charge in [-0.1, -0.05) is 22.0 Å². The van der Waals surface area contributed by atoms with Gasteiger partial charge in [0.1, 0.15) is 0 Å². The van der Waals surface area contributed by atoms with Crippen molar-refractivity contribution in [2.75, 3.05) is 18.0 Å². The molecule has 1 aromatic rings. The minimum absolute atomic E-state index is 0.120. The highest BCUT2D eigenvalue weighted by Crippen LogP contribution is 2.25. The molecule has 0 radical (unpaired) electrons. The number of aliphatic hydroxyl groups is 1. The van der Waals surface area contributed by atoms with E-state index in [9.17, 15) is 14.7 Å². The topological polar surface area (TPSA) is 69.6 Å². The summed E-state index contributed by atoms with van der Waals surface area (Å²) in [6.45, 7) is 0.110. The standard InChI is InChI=1S/C11H11BrN2O3/c12-8-2-1-7(6-15)9(3-8)14-4-10(16)13-11(17)5-14/h1-3,15H,4-6H2,(H,13,16,17). The van der Waals surface area contributed by atoms with E-state index in [-0.39, 0.29) is 31.5 Å². The highest BCUT2D eigenvalue weighted by atomic mass is 79.9. The molecule has 0 aliphatic carbocycles. The zero-order chi connectivity index (χ0) is 12.4. The first-order valence-corrected chi connectivity index (χ1v) is 5.86. The first-order chi connectivity index (χ1) is 8.10. The molecule has 5 nitrogen and oxygen atoms in total. The molecule has 2 amide bonds. The lowest BCUT2D eigenvalue weighted by molar-refractivity contribution is -0.130. The smallest absolute Gasteiger partial charge is 0.246 e. The third-order valence-corrected chi connectivity index (χ3v) is 3.00. The molecule has 17 heavy (non-hydrogen) atoms. The number of halogens is 1. The van der Waals surface area contributed by atoms with Gasteiger partial charge in [-0.05, 0) is 12.1 Å². The van der Waals surface area contributed by atoms with E-state index in [1.807, 2.05) is 0 Å². The summed E-state index contributed by atoms with van der Waals surface area (Å²) >= 11 is 3.33. The Kier molecular flexibility index (Phi) is 3.44. The molecule has 1 saturated heterocycles. The Morgan fingerprint density at radius 3 is 2.53 bits per heavy atom. The van der Waals surface area contributed by atoms with Gasteiger partial charge < -0.3 is 10.0 Å². The second kappa shape index (κ2) is 4.85. The summed E-state index contributed by atoms with van der Waals surface area (Å²) in [5, 5.41) is 11.5. The molecule has 2 rings (SSSR count). The minimum Gasteiger partial charge on any atom is -0.392 e. The second-order valence-electron chi connectivity index (χ2n) is 3.76. The lowest BCUT2D eigenvalue weighted by Crippen LogP contribution is -2.51. The Labute approximate surface area is 107 Å². The molecule has 0 unspecified atom stereocenters. The zero-order valence-corrected chi connectivity index (χ0v) is 10.5. The predicted molar refractivity (Wildman–Crippen MR) is 65.4 cm³/mol. The number of amides is 2. The number of nitrogens with zero attached hydrogens (tertiary/aromatic N) is 1. The second-order valence-corrected chi connectivity index (χ2v) is 4.67. The van der Waals surface area contributed by atoms with E-state index in [4.69, 9.17) is 0 Å². The van der Waals surface area contributed by atoms with Crippen molar-refractivity contribution in [1.82, 2.24) is 5.32 Å². The summed E-state index contributed by atoms with van der Waals surface area (Å²) in [4.78, 5) is 24.2. The highest BCUT2D eigenvalue weighted by molar-refractivity contribution is 9.10.